The fourth-order valence-corrected chi connectivity index (χ4v) is 8.06. The molecule has 0 aliphatic rings. The fraction of sp³-hybridized carbons (Fsp3) is 0.0690. The van der Waals surface area contributed by atoms with E-state index in [0.29, 0.717) is 16.9 Å². The average molecular weight is 1030 g/mol. The Labute approximate surface area is 411 Å². The van der Waals surface area contributed by atoms with Gasteiger partial charge in [0.15, 0.2) is 0 Å². The van der Waals surface area contributed by atoms with E-state index in [1.165, 1.54) is 25.0 Å². The summed E-state index contributed by atoms with van der Waals surface area (Å²) in [6, 6.07) is 61.8. The Hall–Kier alpha value is -7.66. The van der Waals surface area contributed by atoms with Crippen LogP contribution in [0.2, 0.25) is 0 Å². The zero-order chi connectivity index (χ0) is 48.2. The third-order valence-electron chi connectivity index (χ3n) is 10.9. The molecule has 0 heterocycles. The minimum atomic E-state index is -0.334. The molecule has 0 aliphatic heterocycles. The van der Waals surface area contributed by atoms with Crippen LogP contribution in [-0.2, 0) is 9.47 Å². The van der Waals surface area contributed by atoms with Crippen molar-refractivity contribution in [2.75, 3.05) is 28.4 Å². The fourth-order valence-electron chi connectivity index (χ4n) is 7.30. The topological polar surface area (TPSA) is 112 Å². The predicted molar refractivity (Wildman–Crippen MR) is 281 cm³/mol. The van der Waals surface area contributed by atoms with Crippen LogP contribution in [0, 0.1) is 0 Å². The second kappa shape index (κ2) is 22.7. The Morgan fingerprint density at radius 3 is 1.16 bits per heavy atom. The quantitative estimate of drug-likeness (QED) is 0.158. The minimum absolute atomic E-state index is 0.252. The third kappa shape index (κ3) is 12.4. The maximum Gasteiger partial charge on any atom is 0.337 e. The minimum Gasteiger partial charge on any atom is -0.508 e. The second-order valence-electron chi connectivity index (χ2n) is 15.3. The molecule has 0 unspecified atom stereocenters. The lowest BCUT2D eigenvalue weighted by Crippen LogP contribution is -2.00. The normalized spacial score (nSPS) is 10.4. The number of halogens is 2. The molecule has 0 saturated carbocycles. The number of aromatic hydroxyl groups is 2. The molecule has 0 aliphatic carbocycles. The summed E-state index contributed by atoms with van der Waals surface area (Å²) in [4.78, 5) is 23.1. The van der Waals surface area contributed by atoms with Crippen molar-refractivity contribution < 1.29 is 38.7 Å². The van der Waals surface area contributed by atoms with Crippen LogP contribution in [0.15, 0.2) is 203 Å². The summed E-state index contributed by atoms with van der Waals surface area (Å²) < 4.78 is 22.0. The van der Waals surface area contributed by atoms with Crippen LogP contribution < -0.4 is 9.47 Å². The number of fused-ring (bicyclic) bond motifs is 4. The molecule has 0 radical (unpaired) electrons. The van der Waals surface area contributed by atoms with Crippen LogP contribution in [0.3, 0.4) is 0 Å². The summed E-state index contributed by atoms with van der Waals surface area (Å²) in [5, 5.41) is 27.3. The Morgan fingerprint density at radius 2 is 0.676 bits per heavy atom. The predicted octanol–water partition coefficient (Wildman–Crippen LogP) is 15.2. The van der Waals surface area contributed by atoms with Crippen molar-refractivity contribution in [2.24, 2.45) is 0 Å². The van der Waals surface area contributed by atoms with Crippen molar-refractivity contribution in [3.8, 4) is 45.3 Å². The second-order valence-corrected chi connectivity index (χ2v) is 17.2. The summed E-state index contributed by atoms with van der Waals surface area (Å²) in [5.41, 5.74) is 5.45. The van der Waals surface area contributed by atoms with Gasteiger partial charge in [0.05, 0.1) is 39.6 Å². The SMILES string of the molecule is COC(=O)c1ccc2cc(-c3ccc(O)cc3)ccc2c1.COC(=O)c1ccc2cc(-c3ccc(OC)cc3)ccc2c1.COc1ccc2cc(Br)ccc2c1.Oc1ccc2cc(Br)ccc2c1. The molecule has 340 valence electrons. The number of phenols is 2. The highest BCUT2D eigenvalue weighted by Gasteiger charge is 2.09. The summed E-state index contributed by atoms with van der Waals surface area (Å²) in [6.07, 6.45) is 0. The highest BCUT2D eigenvalue weighted by molar-refractivity contribution is 9.10. The number of ether oxygens (including phenoxy) is 4. The average Bonchev–Trinajstić information content (AvgIpc) is 3.38. The molecule has 10 heteroatoms. The molecule has 0 atom stereocenters. The Morgan fingerprint density at radius 1 is 0.338 bits per heavy atom. The van der Waals surface area contributed by atoms with Crippen LogP contribution >= 0.6 is 31.9 Å². The molecule has 0 fully saturated rings. The van der Waals surface area contributed by atoms with Gasteiger partial charge in [-0.2, -0.15) is 0 Å². The molecule has 68 heavy (non-hydrogen) atoms. The van der Waals surface area contributed by atoms with E-state index in [9.17, 15) is 19.8 Å². The van der Waals surface area contributed by atoms with E-state index in [1.807, 2.05) is 127 Å². The lowest BCUT2D eigenvalue weighted by molar-refractivity contribution is 0.0592. The molecule has 0 saturated heterocycles. The van der Waals surface area contributed by atoms with Crippen molar-refractivity contribution in [3.05, 3.63) is 214 Å². The van der Waals surface area contributed by atoms with E-state index in [1.54, 1.807) is 50.6 Å². The van der Waals surface area contributed by atoms with Crippen molar-refractivity contribution in [1.29, 1.82) is 0 Å². The van der Waals surface area contributed by atoms with Crippen molar-refractivity contribution in [1.82, 2.24) is 0 Å². The van der Waals surface area contributed by atoms with Gasteiger partial charge in [-0.3, -0.25) is 0 Å². The molecular weight excluding hydrogens is 984 g/mol. The smallest absolute Gasteiger partial charge is 0.337 e. The zero-order valence-electron chi connectivity index (χ0n) is 37.6. The summed E-state index contributed by atoms with van der Waals surface area (Å²) in [5.74, 6) is 1.65. The lowest BCUT2D eigenvalue weighted by atomic mass is 10.00. The molecule has 0 bridgehead atoms. The van der Waals surface area contributed by atoms with Crippen molar-refractivity contribution in [2.45, 2.75) is 0 Å². The van der Waals surface area contributed by atoms with Crippen LogP contribution in [0.4, 0.5) is 0 Å². The van der Waals surface area contributed by atoms with Crippen LogP contribution in [0.5, 0.6) is 23.0 Å². The number of benzene rings is 10. The van der Waals surface area contributed by atoms with Gasteiger partial charge in [-0.05, 0) is 175 Å². The third-order valence-corrected chi connectivity index (χ3v) is 11.9. The number of methoxy groups -OCH3 is 4. The molecule has 0 aromatic heterocycles. The van der Waals surface area contributed by atoms with Gasteiger partial charge in [-0.15, -0.1) is 0 Å². The number of rotatable bonds is 6. The molecule has 10 rings (SSSR count). The van der Waals surface area contributed by atoms with Gasteiger partial charge < -0.3 is 29.2 Å². The molecule has 2 N–H and O–H groups in total. The first-order valence-electron chi connectivity index (χ1n) is 21.2. The Kier molecular flexibility index (Phi) is 16.1. The summed E-state index contributed by atoms with van der Waals surface area (Å²) in [6.45, 7) is 0. The summed E-state index contributed by atoms with van der Waals surface area (Å²) in [7, 11) is 6.10. The van der Waals surface area contributed by atoms with Gasteiger partial charge in [0, 0.05) is 8.95 Å². The molecule has 0 spiro atoms. The van der Waals surface area contributed by atoms with E-state index in [4.69, 9.17) is 18.9 Å². The molecule has 0 amide bonds. The zero-order valence-corrected chi connectivity index (χ0v) is 40.7. The molecular formula is C58H46Br2O8. The van der Waals surface area contributed by atoms with E-state index in [-0.39, 0.29) is 17.7 Å². The van der Waals surface area contributed by atoms with Crippen molar-refractivity contribution in [3.63, 3.8) is 0 Å². The number of esters is 2. The van der Waals surface area contributed by atoms with Gasteiger partial charge >= 0.3 is 11.9 Å². The number of carbonyl (C=O) groups excluding carboxylic acids is 2. The van der Waals surface area contributed by atoms with Gasteiger partial charge in [-0.1, -0.05) is 117 Å². The van der Waals surface area contributed by atoms with Crippen molar-refractivity contribution >= 4 is 86.9 Å². The van der Waals surface area contributed by atoms with Gasteiger partial charge in [-0.25, -0.2) is 9.59 Å². The molecule has 10 aromatic rings. The monoisotopic (exact) mass is 1030 g/mol. The number of hydrogen-bond donors (Lipinski definition) is 2. The molecule has 10 aromatic carbocycles. The van der Waals surface area contributed by atoms with Gasteiger partial charge in [0.1, 0.15) is 23.0 Å². The Balaban J connectivity index is 0.000000139. The van der Waals surface area contributed by atoms with Crippen LogP contribution in [0.25, 0.3) is 65.3 Å². The maximum atomic E-state index is 11.6. The maximum absolute atomic E-state index is 11.6. The van der Waals surface area contributed by atoms with Crippen LogP contribution in [-0.4, -0.2) is 50.6 Å². The first kappa shape index (κ1) is 48.3. The van der Waals surface area contributed by atoms with E-state index in [2.05, 4.69) is 62.2 Å². The largest absolute Gasteiger partial charge is 0.508 e. The Bertz CT molecular complexity index is 3330. The molecule has 8 nitrogen and oxygen atoms in total. The number of carbonyl (C=O) groups is 2. The van der Waals surface area contributed by atoms with Gasteiger partial charge in [0.25, 0.3) is 0 Å². The van der Waals surface area contributed by atoms with Crippen LogP contribution in [0.1, 0.15) is 20.7 Å². The van der Waals surface area contributed by atoms with E-state index >= 15 is 0 Å². The highest BCUT2D eigenvalue weighted by Crippen LogP contribution is 2.29. The van der Waals surface area contributed by atoms with E-state index in [0.717, 1.165) is 75.0 Å². The number of hydrogen-bond acceptors (Lipinski definition) is 8. The lowest BCUT2D eigenvalue weighted by Gasteiger charge is -2.07. The highest BCUT2D eigenvalue weighted by atomic mass is 79.9. The standard InChI is InChI=1S/C19H16O3.C18H14O3.C11H9BrO.C10H7BrO/c1-21-18-9-7-13(8-10-18)14-3-4-16-12-17(19(20)22-2)6-5-15(16)11-14;1-21-18(20)16-5-4-14-10-13(2-3-15(14)11-16)12-6-8-17(19)9-7-12;1-13-11-5-3-8-6-10(12)4-2-9(8)7-11;11-9-3-1-8-6-10(12)4-2-7(8)5-9/h3-12H,1-2H3;2-11,19H,1H3;2-7H,1H3;1-6,12H. The first-order valence-corrected chi connectivity index (χ1v) is 22.8. The summed E-state index contributed by atoms with van der Waals surface area (Å²) >= 11 is 6.83. The van der Waals surface area contributed by atoms with E-state index < -0.39 is 0 Å². The number of phenolic OH excluding ortho intramolecular Hbond substituents is 2. The van der Waals surface area contributed by atoms with Gasteiger partial charge in [0.2, 0.25) is 0 Å². The first-order chi connectivity index (χ1) is 32.9.